The molecule has 2 saturated heterocycles. The van der Waals surface area contributed by atoms with Crippen LogP contribution in [0.4, 0.5) is 9.59 Å². The van der Waals surface area contributed by atoms with Crippen molar-refractivity contribution in [1.29, 1.82) is 0 Å². The Morgan fingerprint density at radius 1 is 0.870 bits per heavy atom. The molecule has 0 bridgehead atoms. The van der Waals surface area contributed by atoms with Crippen molar-refractivity contribution in [3.63, 3.8) is 0 Å². The Morgan fingerprint density at radius 3 is 1.89 bits per heavy atom. The summed E-state index contributed by atoms with van der Waals surface area (Å²) in [7, 11) is 1.29. The van der Waals surface area contributed by atoms with Gasteiger partial charge in [-0.15, -0.1) is 0 Å². The molecule has 3 amide bonds. The fraction of sp³-hybridized carbons (Fsp3) is 0.500. The van der Waals surface area contributed by atoms with Crippen LogP contribution in [0.3, 0.4) is 0 Å². The smallest absolute Gasteiger partial charge is 0.410 e. The van der Waals surface area contributed by atoms with Crippen molar-refractivity contribution in [2.75, 3.05) is 20.2 Å². The van der Waals surface area contributed by atoms with Crippen molar-refractivity contribution < 1.29 is 23.9 Å². The highest BCUT2D eigenvalue weighted by molar-refractivity contribution is 5.88. The molecule has 3 atom stereocenters. The van der Waals surface area contributed by atoms with Crippen molar-refractivity contribution in [2.45, 2.75) is 84.0 Å². The van der Waals surface area contributed by atoms with E-state index in [0.717, 1.165) is 70.5 Å². The summed E-state index contributed by atoms with van der Waals surface area (Å²) in [5.74, 6) is 1.26. The maximum Gasteiger partial charge on any atom is 0.410 e. The third-order valence-electron chi connectivity index (χ3n) is 8.77. The number of carbonyl (C=O) groups is 3. The number of nitrogens with zero attached hydrogens (tertiary/aromatic N) is 4. The average molecular weight is 630 g/mol. The quantitative estimate of drug-likeness (QED) is 0.229. The number of hydrogen-bond donors (Lipinski definition) is 3. The number of hydrogen-bond acceptors (Lipinski definition) is 7. The molecule has 12 nitrogen and oxygen atoms in total. The van der Waals surface area contributed by atoms with Gasteiger partial charge in [-0.2, -0.15) is 0 Å². The number of nitrogens with one attached hydrogen (secondary N) is 3. The molecule has 0 aliphatic carbocycles. The molecule has 46 heavy (non-hydrogen) atoms. The van der Waals surface area contributed by atoms with E-state index in [1.54, 1.807) is 4.90 Å². The lowest BCUT2D eigenvalue weighted by Crippen LogP contribution is -2.51. The fourth-order valence-electron chi connectivity index (χ4n) is 6.52. The van der Waals surface area contributed by atoms with E-state index in [0.29, 0.717) is 13.1 Å². The van der Waals surface area contributed by atoms with Gasteiger partial charge in [-0.1, -0.05) is 26.0 Å². The molecular formula is C34H43N7O5. The van der Waals surface area contributed by atoms with Crippen LogP contribution in [0.1, 0.15) is 84.0 Å². The summed E-state index contributed by atoms with van der Waals surface area (Å²) in [5, 5.41) is 2.70. The highest BCUT2D eigenvalue weighted by Gasteiger charge is 2.38. The molecule has 4 heterocycles. The van der Waals surface area contributed by atoms with Gasteiger partial charge in [0.15, 0.2) is 0 Å². The SMILES string of the molecule is COC(=O)N[C@H](C(=O)N1CCC[C@H]1c1nc2ccc(-c3ccc4nc([C@@H]5CCCN5C(=O)OC(C)(C)C)[nH]c4c3)cc2[nH]1)C(C)C. The summed E-state index contributed by atoms with van der Waals surface area (Å²) in [6.45, 7) is 10.7. The van der Waals surface area contributed by atoms with Crippen LogP contribution in [0, 0.1) is 5.92 Å². The number of alkyl carbamates (subject to hydrolysis) is 1. The Labute approximate surface area is 268 Å². The van der Waals surface area contributed by atoms with Crippen LogP contribution < -0.4 is 5.32 Å². The van der Waals surface area contributed by atoms with Gasteiger partial charge in [0.1, 0.15) is 23.3 Å². The number of imidazole rings is 2. The zero-order valence-corrected chi connectivity index (χ0v) is 27.3. The van der Waals surface area contributed by atoms with Crippen LogP contribution in [0.15, 0.2) is 36.4 Å². The number of aromatic amines is 2. The van der Waals surface area contributed by atoms with Crippen LogP contribution in [0.5, 0.6) is 0 Å². The summed E-state index contributed by atoms with van der Waals surface area (Å²) >= 11 is 0. The Hall–Kier alpha value is -4.61. The van der Waals surface area contributed by atoms with Gasteiger partial charge in [0.2, 0.25) is 5.91 Å². The van der Waals surface area contributed by atoms with Crippen molar-refractivity contribution in [1.82, 2.24) is 35.1 Å². The molecule has 0 spiro atoms. The lowest BCUT2D eigenvalue weighted by atomic mass is 10.0. The topological polar surface area (TPSA) is 146 Å². The summed E-state index contributed by atoms with van der Waals surface area (Å²) in [5.41, 5.74) is 4.91. The molecule has 6 rings (SSSR count). The lowest BCUT2D eigenvalue weighted by Gasteiger charge is -2.29. The minimum atomic E-state index is -0.684. The van der Waals surface area contributed by atoms with Gasteiger partial charge in [0.25, 0.3) is 0 Å². The molecule has 0 radical (unpaired) electrons. The first kappa shape index (κ1) is 31.4. The number of aromatic nitrogens is 4. The number of likely N-dealkylation sites (tertiary alicyclic amines) is 2. The second kappa shape index (κ2) is 12.3. The number of methoxy groups -OCH3 is 1. The molecule has 2 fully saturated rings. The predicted octanol–water partition coefficient (Wildman–Crippen LogP) is 6.22. The Kier molecular flexibility index (Phi) is 8.39. The monoisotopic (exact) mass is 629 g/mol. The summed E-state index contributed by atoms with van der Waals surface area (Å²) in [6.07, 6.45) is 2.43. The molecule has 244 valence electrons. The number of ether oxygens (including phenoxy) is 2. The van der Waals surface area contributed by atoms with E-state index < -0.39 is 17.7 Å². The van der Waals surface area contributed by atoms with Crippen LogP contribution in [0.2, 0.25) is 0 Å². The molecule has 3 N–H and O–H groups in total. The van der Waals surface area contributed by atoms with E-state index >= 15 is 0 Å². The molecule has 2 aliphatic heterocycles. The maximum atomic E-state index is 13.6. The minimum Gasteiger partial charge on any atom is -0.453 e. The van der Waals surface area contributed by atoms with Gasteiger partial charge in [-0.3, -0.25) is 9.69 Å². The van der Waals surface area contributed by atoms with E-state index in [-0.39, 0.29) is 30.0 Å². The van der Waals surface area contributed by atoms with Gasteiger partial charge in [-0.05, 0) is 87.8 Å². The number of rotatable bonds is 6. The Bertz CT molecular complexity index is 1770. The number of benzene rings is 2. The number of fused-ring (bicyclic) bond motifs is 2. The zero-order valence-electron chi connectivity index (χ0n) is 27.3. The minimum absolute atomic E-state index is 0.101. The molecule has 0 unspecified atom stereocenters. The Morgan fingerprint density at radius 2 is 1.39 bits per heavy atom. The van der Waals surface area contributed by atoms with Gasteiger partial charge in [-0.25, -0.2) is 19.6 Å². The third kappa shape index (κ3) is 6.25. The van der Waals surface area contributed by atoms with Crippen molar-refractivity contribution in [2.24, 2.45) is 5.92 Å². The van der Waals surface area contributed by atoms with E-state index in [4.69, 9.17) is 19.4 Å². The molecule has 4 aromatic rings. The first-order valence-electron chi connectivity index (χ1n) is 16.1. The van der Waals surface area contributed by atoms with Gasteiger partial charge in [0.05, 0.1) is 41.3 Å². The summed E-state index contributed by atoms with van der Waals surface area (Å²) in [4.78, 5) is 58.6. The maximum absolute atomic E-state index is 13.6. The molecular weight excluding hydrogens is 586 g/mol. The van der Waals surface area contributed by atoms with Crippen LogP contribution in [-0.2, 0) is 14.3 Å². The normalized spacial score (nSPS) is 19.3. The zero-order chi connectivity index (χ0) is 32.7. The number of amides is 3. The van der Waals surface area contributed by atoms with E-state index in [1.165, 1.54) is 7.11 Å². The number of carbonyl (C=O) groups excluding carboxylic acids is 3. The first-order chi connectivity index (χ1) is 21.9. The lowest BCUT2D eigenvalue weighted by molar-refractivity contribution is -0.135. The molecule has 2 aromatic heterocycles. The van der Waals surface area contributed by atoms with E-state index in [2.05, 4.69) is 27.4 Å². The predicted molar refractivity (Wildman–Crippen MR) is 174 cm³/mol. The van der Waals surface area contributed by atoms with Crippen LogP contribution in [-0.4, -0.2) is 79.7 Å². The highest BCUT2D eigenvalue weighted by atomic mass is 16.6. The van der Waals surface area contributed by atoms with E-state index in [1.807, 2.05) is 63.8 Å². The molecule has 0 saturated carbocycles. The fourth-order valence-corrected chi connectivity index (χ4v) is 6.52. The average Bonchev–Trinajstić information content (AvgIpc) is 3.81. The summed E-state index contributed by atoms with van der Waals surface area (Å²) in [6, 6.07) is 11.2. The molecule has 12 heteroatoms. The van der Waals surface area contributed by atoms with Crippen LogP contribution >= 0.6 is 0 Å². The Balaban J connectivity index is 1.23. The third-order valence-corrected chi connectivity index (χ3v) is 8.77. The standard InChI is InChI=1S/C34H43N7O5/c1-19(2)28(39-32(43)45-6)31(42)40-15-7-9-26(40)29-35-22-13-11-20(17-24(22)37-29)21-12-14-23-25(18-21)38-30(36-23)27-10-8-16-41(27)33(44)46-34(3,4)5/h11-14,17-19,26-28H,7-10,15-16H2,1-6H3,(H,35,37)(H,36,38)(H,39,43)/t26-,27-,28-/m0/s1. The second-order valence-electron chi connectivity index (χ2n) is 13.6. The van der Waals surface area contributed by atoms with Gasteiger partial charge >= 0.3 is 12.2 Å². The van der Waals surface area contributed by atoms with E-state index in [9.17, 15) is 14.4 Å². The highest BCUT2D eigenvalue weighted by Crippen LogP contribution is 2.35. The van der Waals surface area contributed by atoms with Gasteiger partial charge in [0, 0.05) is 13.1 Å². The van der Waals surface area contributed by atoms with Crippen LogP contribution in [0.25, 0.3) is 33.2 Å². The summed E-state index contributed by atoms with van der Waals surface area (Å²) < 4.78 is 10.4. The number of H-pyrrole nitrogens is 2. The van der Waals surface area contributed by atoms with Gasteiger partial charge < -0.3 is 29.7 Å². The van der Waals surface area contributed by atoms with Crippen molar-refractivity contribution in [3.8, 4) is 11.1 Å². The second-order valence-corrected chi connectivity index (χ2v) is 13.6. The van der Waals surface area contributed by atoms with Crippen molar-refractivity contribution >= 4 is 40.2 Å². The first-order valence-corrected chi connectivity index (χ1v) is 16.1. The molecule has 2 aliphatic rings. The molecule has 2 aromatic carbocycles. The largest absolute Gasteiger partial charge is 0.453 e. The van der Waals surface area contributed by atoms with Crippen molar-refractivity contribution in [3.05, 3.63) is 48.0 Å².